The molecule has 1 aliphatic carbocycles. The van der Waals surface area contributed by atoms with Crippen molar-refractivity contribution in [3.05, 3.63) is 69.0 Å². The van der Waals surface area contributed by atoms with Gasteiger partial charge in [0.25, 0.3) is 0 Å². The first-order valence-electron chi connectivity index (χ1n) is 11.7. The zero-order valence-electron chi connectivity index (χ0n) is 19.8. The lowest BCUT2D eigenvalue weighted by Gasteiger charge is -2.40. The highest BCUT2D eigenvalue weighted by Crippen LogP contribution is 2.46. The number of halogens is 2. The summed E-state index contributed by atoms with van der Waals surface area (Å²) < 4.78 is 14.5. The van der Waals surface area contributed by atoms with Crippen LogP contribution in [-0.2, 0) is 30.4 Å². The van der Waals surface area contributed by atoms with Gasteiger partial charge in [0.2, 0.25) is 0 Å². The van der Waals surface area contributed by atoms with E-state index >= 15 is 0 Å². The number of aryl methyl sites for hydroxylation is 1. The van der Waals surface area contributed by atoms with Crippen LogP contribution in [0, 0.1) is 12.3 Å². The van der Waals surface area contributed by atoms with E-state index < -0.39 is 11.0 Å². The number of aromatic nitrogens is 2. The number of nitrogens with one attached hydrogen (secondary N) is 1. The average molecular weight is 532 g/mol. The Bertz CT molecular complexity index is 1310. The highest BCUT2D eigenvalue weighted by molar-refractivity contribution is 7.85. The maximum absolute atomic E-state index is 11.5. The van der Waals surface area contributed by atoms with Crippen molar-refractivity contribution in [3.63, 3.8) is 0 Å². The molecule has 6 nitrogen and oxygen atoms in total. The molecule has 1 unspecified atom stereocenters. The van der Waals surface area contributed by atoms with E-state index in [1.165, 1.54) is 11.1 Å². The molecule has 1 fully saturated rings. The number of aliphatic hydroxyl groups excluding tert-OH is 1. The van der Waals surface area contributed by atoms with Crippen LogP contribution in [0.5, 0.6) is 0 Å². The molecule has 1 aliphatic heterocycles. The Morgan fingerprint density at radius 1 is 1.11 bits per heavy atom. The average Bonchev–Trinajstić information content (AvgIpc) is 3.18. The van der Waals surface area contributed by atoms with E-state index in [4.69, 9.17) is 33.2 Å². The number of hydrogen-bond acceptors (Lipinski definition) is 5. The Labute approximate surface area is 218 Å². The van der Waals surface area contributed by atoms with Crippen molar-refractivity contribution in [1.29, 1.82) is 0 Å². The third-order valence-electron chi connectivity index (χ3n) is 7.20. The molecular formula is C26H28Cl2N4O2S. The van der Waals surface area contributed by atoms with Crippen LogP contribution in [0.1, 0.15) is 35.4 Å². The van der Waals surface area contributed by atoms with Crippen LogP contribution in [0.4, 0.5) is 11.5 Å². The molecule has 2 heterocycles. The van der Waals surface area contributed by atoms with E-state index in [9.17, 15) is 9.32 Å². The number of benzene rings is 2. The van der Waals surface area contributed by atoms with Crippen LogP contribution in [0.15, 0.2) is 36.4 Å². The predicted molar refractivity (Wildman–Crippen MR) is 144 cm³/mol. The molecule has 35 heavy (non-hydrogen) atoms. The van der Waals surface area contributed by atoms with Gasteiger partial charge in [-0.05, 0) is 67.3 Å². The summed E-state index contributed by atoms with van der Waals surface area (Å²) in [6.45, 7) is 3.43. The minimum atomic E-state index is -1.08. The van der Waals surface area contributed by atoms with Crippen LogP contribution < -0.4 is 9.62 Å². The first kappa shape index (κ1) is 24.5. The molecule has 184 valence electrons. The van der Waals surface area contributed by atoms with Gasteiger partial charge in [-0.1, -0.05) is 41.4 Å². The molecule has 1 saturated heterocycles. The Morgan fingerprint density at radius 3 is 2.57 bits per heavy atom. The fraction of sp³-hybridized carbons (Fsp3) is 0.385. The molecule has 2 aromatic carbocycles. The number of rotatable bonds is 5. The van der Waals surface area contributed by atoms with Crippen molar-refractivity contribution >= 4 is 45.7 Å². The lowest BCUT2D eigenvalue weighted by atomic mass is 9.76. The summed E-state index contributed by atoms with van der Waals surface area (Å²) in [4.78, 5) is 11.9. The number of nitrogens with zero attached hydrogens (tertiary/aromatic N) is 3. The van der Waals surface area contributed by atoms with Crippen LogP contribution in [0.2, 0.25) is 10.0 Å². The summed E-state index contributed by atoms with van der Waals surface area (Å²) >= 11 is 12.6. The third kappa shape index (κ3) is 4.79. The fourth-order valence-electron chi connectivity index (χ4n) is 5.45. The van der Waals surface area contributed by atoms with Gasteiger partial charge in [0.1, 0.15) is 16.7 Å². The number of fused-ring (bicyclic) bond motifs is 1. The second-order valence-electron chi connectivity index (χ2n) is 9.57. The van der Waals surface area contributed by atoms with Crippen LogP contribution in [0.25, 0.3) is 11.3 Å². The Kier molecular flexibility index (Phi) is 6.79. The van der Waals surface area contributed by atoms with Gasteiger partial charge < -0.3 is 14.7 Å². The van der Waals surface area contributed by atoms with Crippen LogP contribution in [0.3, 0.4) is 0 Å². The summed E-state index contributed by atoms with van der Waals surface area (Å²) in [7, 11) is -1.08. The van der Waals surface area contributed by atoms with Gasteiger partial charge in [0.05, 0.1) is 28.0 Å². The van der Waals surface area contributed by atoms with E-state index in [2.05, 4.69) is 21.8 Å². The summed E-state index contributed by atoms with van der Waals surface area (Å²) in [6.07, 6.45) is 5.82. The quantitative estimate of drug-likeness (QED) is 0.465. The minimum absolute atomic E-state index is 0.199. The number of aliphatic hydroxyl groups is 1. The van der Waals surface area contributed by atoms with Gasteiger partial charge in [-0.2, -0.15) is 0 Å². The molecule has 0 amide bonds. The minimum Gasteiger partial charge on any atom is -0.390 e. The van der Waals surface area contributed by atoms with Crippen molar-refractivity contribution in [2.24, 2.45) is 5.41 Å². The van der Waals surface area contributed by atoms with E-state index in [0.29, 0.717) is 27.0 Å². The molecule has 3 aromatic rings. The first-order valence-corrected chi connectivity index (χ1v) is 14.0. The second kappa shape index (κ2) is 9.69. The van der Waals surface area contributed by atoms with Gasteiger partial charge >= 0.3 is 0 Å². The van der Waals surface area contributed by atoms with Crippen molar-refractivity contribution in [2.45, 2.75) is 39.2 Å². The molecule has 1 aromatic heterocycles. The van der Waals surface area contributed by atoms with E-state index in [1.54, 1.807) is 12.3 Å². The van der Waals surface area contributed by atoms with Crippen molar-refractivity contribution < 1.29 is 9.32 Å². The van der Waals surface area contributed by atoms with Crippen molar-refractivity contribution in [3.8, 4) is 11.3 Å². The fourth-order valence-corrected chi connectivity index (χ4v) is 6.30. The van der Waals surface area contributed by atoms with E-state index in [1.807, 2.05) is 25.1 Å². The predicted octanol–water partition coefficient (Wildman–Crippen LogP) is 5.34. The van der Waals surface area contributed by atoms with Gasteiger partial charge in [0, 0.05) is 30.6 Å². The van der Waals surface area contributed by atoms with Crippen LogP contribution >= 0.6 is 23.2 Å². The summed E-state index contributed by atoms with van der Waals surface area (Å²) in [5.74, 6) is 0.745. The van der Waals surface area contributed by atoms with Gasteiger partial charge in [-0.15, -0.1) is 0 Å². The lowest BCUT2D eigenvalue weighted by Crippen LogP contribution is -2.41. The Morgan fingerprint density at radius 2 is 1.86 bits per heavy atom. The zero-order valence-corrected chi connectivity index (χ0v) is 22.1. The molecule has 9 heteroatoms. The Hall–Kier alpha value is -2.19. The first-order chi connectivity index (χ1) is 16.8. The number of piperidine rings is 1. The monoisotopic (exact) mass is 530 g/mol. The molecule has 2 N–H and O–H groups in total. The van der Waals surface area contributed by atoms with Crippen molar-refractivity contribution in [1.82, 2.24) is 9.97 Å². The Balaban J connectivity index is 1.35. The number of anilines is 2. The topological polar surface area (TPSA) is 78.4 Å². The van der Waals surface area contributed by atoms with E-state index in [0.717, 1.165) is 56.0 Å². The molecule has 0 saturated carbocycles. The van der Waals surface area contributed by atoms with Gasteiger partial charge in [0.15, 0.2) is 5.82 Å². The molecule has 2 aliphatic rings. The second-order valence-corrected chi connectivity index (χ2v) is 11.5. The van der Waals surface area contributed by atoms with Crippen LogP contribution in [-0.4, -0.2) is 38.6 Å². The zero-order chi connectivity index (χ0) is 24.7. The highest BCUT2D eigenvalue weighted by atomic mass is 35.5. The van der Waals surface area contributed by atoms with Crippen molar-refractivity contribution in [2.75, 3.05) is 29.0 Å². The summed E-state index contributed by atoms with van der Waals surface area (Å²) in [5, 5.41) is 11.0. The normalized spacial score (nSPS) is 17.5. The maximum atomic E-state index is 11.5. The standard InChI is InChI=1S/C26H28Cl2N4O2S/c1-16-24(20-4-3-5-21(27)23(20)28)30-22(15-33)25(29-16)32-10-8-26(9-11-32)13-17-6-7-19(31-35(2)34)12-18(17)14-26/h3-7,12,31,33H,8-11,13-15H2,1-2H3. The molecule has 1 spiro atoms. The smallest absolute Gasteiger partial charge is 0.153 e. The summed E-state index contributed by atoms with van der Waals surface area (Å²) in [6, 6.07) is 11.8. The third-order valence-corrected chi connectivity index (χ3v) is 8.54. The maximum Gasteiger partial charge on any atom is 0.153 e. The lowest BCUT2D eigenvalue weighted by molar-refractivity contribution is 0.231. The molecule has 1 atom stereocenters. The van der Waals surface area contributed by atoms with Gasteiger partial charge in [-0.3, -0.25) is 0 Å². The number of hydrogen-bond donors (Lipinski definition) is 2. The largest absolute Gasteiger partial charge is 0.390 e. The highest BCUT2D eigenvalue weighted by Gasteiger charge is 2.40. The van der Waals surface area contributed by atoms with Gasteiger partial charge in [-0.25, -0.2) is 14.2 Å². The molecule has 5 rings (SSSR count). The SMILES string of the molecule is Cc1nc(N2CCC3(CC2)Cc2ccc(NS(C)=O)cc2C3)c(CO)nc1-c1cccc(Cl)c1Cl. The summed E-state index contributed by atoms with van der Waals surface area (Å²) in [5.41, 5.74) is 6.55. The molecule has 0 radical (unpaired) electrons. The molecule has 0 bridgehead atoms. The van der Waals surface area contributed by atoms with E-state index in [-0.39, 0.29) is 12.0 Å². The molecular weight excluding hydrogens is 503 g/mol.